The minimum Gasteiger partial charge on any atom is -0.380 e. The Labute approximate surface area is 69.3 Å². The van der Waals surface area contributed by atoms with Gasteiger partial charge in [0.1, 0.15) is 0 Å². The third-order valence-corrected chi connectivity index (χ3v) is 2.27. The van der Waals surface area contributed by atoms with Crippen LogP contribution in [0.25, 0.3) is 0 Å². The maximum atomic E-state index is 5.26. The van der Waals surface area contributed by atoms with E-state index in [-0.39, 0.29) is 0 Å². The molecule has 2 heteroatoms. The van der Waals surface area contributed by atoms with Crippen LogP contribution in [0.15, 0.2) is 0 Å². The molecule has 2 nitrogen and oxygen atoms in total. The smallest absolute Gasteiger partial charge is 0.0710 e. The van der Waals surface area contributed by atoms with Crippen molar-refractivity contribution in [3.63, 3.8) is 0 Å². The van der Waals surface area contributed by atoms with E-state index in [0.29, 0.717) is 12.1 Å². The molecule has 0 radical (unpaired) electrons. The first-order valence-corrected chi connectivity index (χ1v) is 4.48. The molecule has 0 bridgehead atoms. The summed E-state index contributed by atoms with van der Waals surface area (Å²) in [7, 11) is 1.80. The molecule has 1 fully saturated rings. The van der Waals surface area contributed by atoms with Crippen molar-refractivity contribution >= 4 is 0 Å². The predicted octanol–water partition coefficient (Wildman–Crippen LogP) is 1.41. The number of hydrogen-bond acceptors (Lipinski definition) is 2. The molecule has 1 saturated heterocycles. The molecule has 1 aliphatic heterocycles. The normalized spacial score (nSPS) is 31.6. The summed E-state index contributed by atoms with van der Waals surface area (Å²) in [4.78, 5) is 0. The van der Waals surface area contributed by atoms with Crippen molar-refractivity contribution < 1.29 is 4.74 Å². The zero-order chi connectivity index (χ0) is 8.27. The number of rotatable bonds is 3. The van der Waals surface area contributed by atoms with Gasteiger partial charge in [-0.3, -0.25) is 0 Å². The Bertz CT molecular complexity index is 114. The van der Waals surface area contributed by atoms with Crippen LogP contribution in [0, 0.1) is 5.92 Å². The lowest BCUT2D eigenvalue weighted by molar-refractivity contribution is 0.117. The molecule has 0 saturated carbocycles. The van der Waals surface area contributed by atoms with E-state index in [1.165, 1.54) is 12.8 Å². The SMILES string of the molecule is CO[C@@H]1CN[C@@H](CC(C)C)C1. The van der Waals surface area contributed by atoms with E-state index < -0.39 is 0 Å². The molecule has 0 amide bonds. The first-order chi connectivity index (χ1) is 5.22. The van der Waals surface area contributed by atoms with E-state index in [9.17, 15) is 0 Å². The number of methoxy groups -OCH3 is 1. The molecule has 1 N–H and O–H groups in total. The summed E-state index contributed by atoms with van der Waals surface area (Å²) < 4.78 is 5.26. The summed E-state index contributed by atoms with van der Waals surface area (Å²) in [6, 6.07) is 0.694. The van der Waals surface area contributed by atoms with Gasteiger partial charge in [-0.05, 0) is 18.8 Å². The third-order valence-electron chi connectivity index (χ3n) is 2.27. The van der Waals surface area contributed by atoms with Crippen molar-refractivity contribution in [2.24, 2.45) is 5.92 Å². The number of ether oxygens (including phenoxy) is 1. The van der Waals surface area contributed by atoms with Gasteiger partial charge in [-0.2, -0.15) is 0 Å². The Kier molecular flexibility index (Phi) is 3.34. The van der Waals surface area contributed by atoms with Gasteiger partial charge in [-0.15, -0.1) is 0 Å². The standard InChI is InChI=1S/C9H19NO/c1-7(2)4-8-5-9(11-3)6-10-8/h7-10H,4-6H2,1-3H3/t8-,9-/m0/s1. The van der Waals surface area contributed by atoms with Gasteiger partial charge in [0.25, 0.3) is 0 Å². The van der Waals surface area contributed by atoms with Gasteiger partial charge < -0.3 is 10.1 Å². The lowest BCUT2D eigenvalue weighted by Crippen LogP contribution is -2.23. The summed E-state index contributed by atoms with van der Waals surface area (Å²) >= 11 is 0. The van der Waals surface area contributed by atoms with Crippen molar-refractivity contribution in [2.45, 2.75) is 38.8 Å². The van der Waals surface area contributed by atoms with E-state index in [1.807, 2.05) is 0 Å². The Hall–Kier alpha value is -0.0800. The molecule has 2 atom stereocenters. The minimum absolute atomic E-state index is 0.457. The lowest BCUT2D eigenvalue weighted by atomic mass is 10.0. The second-order valence-corrected chi connectivity index (χ2v) is 3.83. The maximum Gasteiger partial charge on any atom is 0.0710 e. The molecule has 1 rings (SSSR count). The van der Waals surface area contributed by atoms with Crippen LogP contribution >= 0.6 is 0 Å². The molecule has 0 aromatic rings. The van der Waals surface area contributed by atoms with Crippen LogP contribution in [0.1, 0.15) is 26.7 Å². The van der Waals surface area contributed by atoms with E-state index in [1.54, 1.807) is 7.11 Å². The average Bonchev–Trinajstić information content (AvgIpc) is 2.34. The molecule has 1 heterocycles. The summed E-state index contributed by atoms with van der Waals surface area (Å²) in [5.74, 6) is 0.795. The van der Waals surface area contributed by atoms with E-state index in [2.05, 4.69) is 19.2 Å². The van der Waals surface area contributed by atoms with Gasteiger partial charge in [0.15, 0.2) is 0 Å². The van der Waals surface area contributed by atoms with Crippen molar-refractivity contribution in [3.05, 3.63) is 0 Å². The summed E-state index contributed by atoms with van der Waals surface area (Å²) in [6.45, 7) is 5.57. The van der Waals surface area contributed by atoms with Crippen LogP contribution in [0.3, 0.4) is 0 Å². The highest BCUT2D eigenvalue weighted by molar-refractivity contribution is 4.82. The van der Waals surface area contributed by atoms with Gasteiger partial charge in [-0.1, -0.05) is 13.8 Å². The Morgan fingerprint density at radius 2 is 2.27 bits per heavy atom. The maximum absolute atomic E-state index is 5.26. The topological polar surface area (TPSA) is 21.3 Å². The fraction of sp³-hybridized carbons (Fsp3) is 1.00. The number of hydrogen-bond donors (Lipinski definition) is 1. The first kappa shape index (κ1) is 9.01. The first-order valence-electron chi connectivity index (χ1n) is 4.48. The highest BCUT2D eigenvalue weighted by Gasteiger charge is 2.23. The third kappa shape index (κ3) is 2.80. The number of nitrogens with one attached hydrogen (secondary N) is 1. The van der Waals surface area contributed by atoms with Gasteiger partial charge in [0, 0.05) is 19.7 Å². The molecule has 0 aliphatic carbocycles. The Balaban J connectivity index is 2.19. The molecule has 1 aliphatic rings. The lowest BCUT2D eigenvalue weighted by Gasteiger charge is -2.12. The zero-order valence-corrected chi connectivity index (χ0v) is 7.76. The minimum atomic E-state index is 0.457. The molecular formula is C9H19NO. The van der Waals surface area contributed by atoms with Crippen LogP contribution in [0.4, 0.5) is 0 Å². The van der Waals surface area contributed by atoms with E-state index in [0.717, 1.165) is 12.5 Å². The second kappa shape index (κ2) is 4.07. The fourth-order valence-corrected chi connectivity index (χ4v) is 1.71. The van der Waals surface area contributed by atoms with Crippen LogP contribution in [-0.2, 0) is 4.74 Å². The molecular weight excluding hydrogens is 138 g/mol. The molecule has 66 valence electrons. The van der Waals surface area contributed by atoms with Gasteiger partial charge in [-0.25, -0.2) is 0 Å². The summed E-state index contributed by atoms with van der Waals surface area (Å²) in [5, 5.41) is 3.46. The van der Waals surface area contributed by atoms with Crippen LogP contribution in [0.5, 0.6) is 0 Å². The summed E-state index contributed by atoms with van der Waals surface area (Å²) in [5.41, 5.74) is 0. The highest BCUT2D eigenvalue weighted by atomic mass is 16.5. The largest absolute Gasteiger partial charge is 0.380 e. The molecule has 0 unspecified atom stereocenters. The Morgan fingerprint density at radius 3 is 2.73 bits per heavy atom. The molecule has 0 aromatic carbocycles. The summed E-state index contributed by atoms with van der Waals surface area (Å²) in [6.07, 6.45) is 2.92. The van der Waals surface area contributed by atoms with Crippen molar-refractivity contribution in [1.82, 2.24) is 5.32 Å². The van der Waals surface area contributed by atoms with E-state index in [4.69, 9.17) is 4.74 Å². The Morgan fingerprint density at radius 1 is 1.55 bits per heavy atom. The van der Waals surface area contributed by atoms with Crippen LogP contribution in [0.2, 0.25) is 0 Å². The monoisotopic (exact) mass is 157 g/mol. The van der Waals surface area contributed by atoms with Crippen LogP contribution < -0.4 is 5.32 Å². The van der Waals surface area contributed by atoms with Crippen molar-refractivity contribution in [1.29, 1.82) is 0 Å². The zero-order valence-electron chi connectivity index (χ0n) is 7.76. The molecule has 0 aromatic heterocycles. The van der Waals surface area contributed by atoms with Gasteiger partial charge in [0.2, 0.25) is 0 Å². The average molecular weight is 157 g/mol. The molecule has 11 heavy (non-hydrogen) atoms. The predicted molar refractivity (Wildman–Crippen MR) is 46.7 cm³/mol. The molecule has 0 spiro atoms. The fourth-order valence-electron chi connectivity index (χ4n) is 1.71. The quantitative estimate of drug-likeness (QED) is 0.669. The van der Waals surface area contributed by atoms with E-state index >= 15 is 0 Å². The van der Waals surface area contributed by atoms with Crippen molar-refractivity contribution in [2.75, 3.05) is 13.7 Å². The van der Waals surface area contributed by atoms with Gasteiger partial charge >= 0.3 is 0 Å². The van der Waals surface area contributed by atoms with Crippen LogP contribution in [-0.4, -0.2) is 25.8 Å². The second-order valence-electron chi connectivity index (χ2n) is 3.83. The van der Waals surface area contributed by atoms with Crippen molar-refractivity contribution in [3.8, 4) is 0 Å². The highest BCUT2D eigenvalue weighted by Crippen LogP contribution is 2.16. The van der Waals surface area contributed by atoms with Gasteiger partial charge in [0.05, 0.1) is 6.10 Å².